The number of hydrazine groups is 1. The summed E-state index contributed by atoms with van der Waals surface area (Å²) in [6, 6.07) is 2.20. The van der Waals surface area contributed by atoms with Crippen LogP contribution in [0, 0.1) is 12.8 Å². The lowest BCUT2D eigenvalue weighted by molar-refractivity contribution is 0.0604. The predicted molar refractivity (Wildman–Crippen MR) is 61.7 cm³/mol. The number of hydrogen-bond donors (Lipinski definition) is 2. The summed E-state index contributed by atoms with van der Waals surface area (Å²) >= 11 is 0. The molecule has 1 aromatic rings. The van der Waals surface area contributed by atoms with Gasteiger partial charge < -0.3 is 9.15 Å². The van der Waals surface area contributed by atoms with Crippen LogP contribution < -0.4 is 11.3 Å². The van der Waals surface area contributed by atoms with Crippen molar-refractivity contribution >= 4 is 0 Å². The van der Waals surface area contributed by atoms with Gasteiger partial charge in [0.25, 0.3) is 0 Å². The Balaban J connectivity index is 1.97. The molecule has 90 valence electrons. The molecule has 1 aliphatic rings. The highest BCUT2D eigenvalue weighted by molar-refractivity contribution is 5.20. The number of rotatable bonds is 4. The van der Waals surface area contributed by atoms with Gasteiger partial charge in [0, 0.05) is 24.8 Å². The number of aryl methyl sites for hydroxylation is 1. The van der Waals surface area contributed by atoms with E-state index in [2.05, 4.69) is 5.43 Å². The van der Waals surface area contributed by atoms with E-state index >= 15 is 0 Å². The van der Waals surface area contributed by atoms with Crippen LogP contribution in [-0.4, -0.2) is 13.2 Å². The summed E-state index contributed by atoms with van der Waals surface area (Å²) < 4.78 is 10.7. The second-order valence-corrected chi connectivity index (χ2v) is 4.44. The zero-order valence-corrected chi connectivity index (χ0v) is 9.74. The highest BCUT2D eigenvalue weighted by Crippen LogP contribution is 2.29. The summed E-state index contributed by atoms with van der Waals surface area (Å²) in [6.07, 6.45) is 5.05. The van der Waals surface area contributed by atoms with E-state index in [1.807, 2.05) is 13.0 Å². The third-order valence-corrected chi connectivity index (χ3v) is 3.39. The van der Waals surface area contributed by atoms with Crippen LogP contribution in [0.25, 0.3) is 0 Å². The van der Waals surface area contributed by atoms with Gasteiger partial charge in [-0.3, -0.25) is 11.3 Å². The van der Waals surface area contributed by atoms with E-state index in [1.165, 1.54) is 5.56 Å². The van der Waals surface area contributed by atoms with E-state index in [1.54, 1.807) is 6.26 Å². The SMILES string of the molecule is Cc1occc1C(CC1CCOCC1)NN. The average molecular weight is 224 g/mol. The first-order valence-corrected chi connectivity index (χ1v) is 5.89. The van der Waals surface area contributed by atoms with Crippen molar-refractivity contribution in [3.63, 3.8) is 0 Å². The first-order chi connectivity index (χ1) is 7.81. The van der Waals surface area contributed by atoms with Crippen molar-refractivity contribution in [1.29, 1.82) is 0 Å². The number of hydrogen-bond acceptors (Lipinski definition) is 4. The Morgan fingerprint density at radius 1 is 1.50 bits per heavy atom. The molecule has 1 unspecified atom stereocenters. The Morgan fingerprint density at radius 3 is 2.81 bits per heavy atom. The van der Waals surface area contributed by atoms with Gasteiger partial charge in [0.05, 0.1) is 6.26 Å². The van der Waals surface area contributed by atoms with E-state index in [-0.39, 0.29) is 6.04 Å². The molecule has 0 saturated carbocycles. The maximum Gasteiger partial charge on any atom is 0.105 e. The molecular weight excluding hydrogens is 204 g/mol. The van der Waals surface area contributed by atoms with Gasteiger partial charge in [0.15, 0.2) is 0 Å². The van der Waals surface area contributed by atoms with Gasteiger partial charge in [-0.25, -0.2) is 0 Å². The van der Waals surface area contributed by atoms with Crippen molar-refractivity contribution in [2.45, 2.75) is 32.2 Å². The van der Waals surface area contributed by atoms with E-state index in [0.717, 1.165) is 38.2 Å². The van der Waals surface area contributed by atoms with Crippen LogP contribution in [0.5, 0.6) is 0 Å². The van der Waals surface area contributed by atoms with E-state index < -0.39 is 0 Å². The molecule has 3 N–H and O–H groups in total. The largest absolute Gasteiger partial charge is 0.469 e. The Kier molecular flexibility index (Phi) is 3.98. The monoisotopic (exact) mass is 224 g/mol. The number of furan rings is 1. The fourth-order valence-corrected chi connectivity index (χ4v) is 2.36. The second kappa shape index (κ2) is 5.48. The van der Waals surface area contributed by atoms with Gasteiger partial charge in [-0.2, -0.15) is 0 Å². The summed E-state index contributed by atoms with van der Waals surface area (Å²) in [5, 5.41) is 0. The van der Waals surface area contributed by atoms with Gasteiger partial charge in [0.1, 0.15) is 5.76 Å². The zero-order chi connectivity index (χ0) is 11.4. The third kappa shape index (κ3) is 2.64. The summed E-state index contributed by atoms with van der Waals surface area (Å²) in [5.74, 6) is 7.28. The molecule has 1 aromatic heterocycles. The lowest BCUT2D eigenvalue weighted by atomic mass is 9.90. The highest BCUT2D eigenvalue weighted by atomic mass is 16.5. The van der Waals surface area contributed by atoms with Gasteiger partial charge in [-0.1, -0.05) is 0 Å². The molecule has 4 nitrogen and oxygen atoms in total. The third-order valence-electron chi connectivity index (χ3n) is 3.39. The Hall–Kier alpha value is -0.840. The average Bonchev–Trinajstić information content (AvgIpc) is 2.74. The first kappa shape index (κ1) is 11.6. The molecule has 1 atom stereocenters. The Bertz CT molecular complexity index is 319. The van der Waals surface area contributed by atoms with Crippen LogP contribution in [0.4, 0.5) is 0 Å². The van der Waals surface area contributed by atoms with Crippen LogP contribution in [-0.2, 0) is 4.74 Å². The quantitative estimate of drug-likeness (QED) is 0.606. The van der Waals surface area contributed by atoms with E-state index in [9.17, 15) is 0 Å². The normalized spacial score (nSPS) is 19.9. The van der Waals surface area contributed by atoms with Crippen LogP contribution in [0.2, 0.25) is 0 Å². The Labute approximate surface area is 96.1 Å². The molecule has 1 aliphatic heterocycles. The second-order valence-electron chi connectivity index (χ2n) is 4.44. The van der Waals surface area contributed by atoms with Crippen molar-refractivity contribution in [1.82, 2.24) is 5.43 Å². The molecule has 0 radical (unpaired) electrons. The zero-order valence-electron chi connectivity index (χ0n) is 9.74. The van der Waals surface area contributed by atoms with Crippen LogP contribution in [0.15, 0.2) is 16.7 Å². The van der Waals surface area contributed by atoms with Crippen LogP contribution in [0.1, 0.15) is 36.6 Å². The minimum absolute atomic E-state index is 0.196. The molecule has 0 bridgehead atoms. The van der Waals surface area contributed by atoms with Gasteiger partial charge in [-0.15, -0.1) is 0 Å². The maximum atomic E-state index is 5.63. The number of nitrogens with one attached hydrogen (secondary N) is 1. The molecule has 2 heterocycles. The fourth-order valence-electron chi connectivity index (χ4n) is 2.36. The van der Waals surface area contributed by atoms with Gasteiger partial charge in [0.2, 0.25) is 0 Å². The van der Waals surface area contributed by atoms with Gasteiger partial charge in [-0.05, 0) is 38.2 Å². The van der Waals surface area contributed by atoms with E-state index in [4.69, 9.17) is 15.0 Å². The first-order valence-electron chi connectivity index (χ1n) is 5.89. The topological polar surface area (TPSA) is 60.4 Å². The molecule has 16 heavy (non-hydrogen) atoms. The molecule has 4 heteroatoms. The molecule has 0 spiro atoms. The lowest BCUT2D eigenvalue weighted by Crippen LogP contribution is -2.31. The summed E-state index contributed by atoms with van der Waals surface area (Å²) in [4.78, 5) is 0. The molecule has 1 saturated heterocycles. The van der Waals surface area contributed by atoms with Crippen molar-refractivity contribution < 1.29 is 9.15 Å². The molecule has 2 rings (SSSR count). The van der Waals surface area contributed by atoms with E-state index in [0.29, 0.717) is 5.92 Å². The Morgan fingerprint density at radius 2 is 2.25 bits per heavy atom. The summed E-state index contributed by atoms with van der Waals surface area (Å²) in [7, 11) is 0. The maximum absolute atomic E-state index is 5.63. The molecule has 0 aromatic carbocycles. The van der Waals surface area contributed by atoms with Crippen molar-refractivity contribution in [3.05, 3.63) is 23.7 Å². The molecular formula is C12H20N2O2. The smallest absolute Gasteiger partial charge is 0.105 e. The predicted octanol–water partition coefficient (Wildman–Crippen LogP) is 1.91. The number of nitrogens with two attached hydrogens (primary N) is 1. The molecule has 0 aliphatic carbocycles. The van der Waals surface area contributed by atoms with Gasteiger partial charge >= 0.3 is 0 Å². The minimum Gasteiger partial charge on any atom is -0.469 e. The van der Waals surface area contributed by atoms with Crippen LogP contribution in [0.3, 0.4) is 0 Å². The molecule has 0 amide bonds. The van der Waals surface area contributed by atoms with Crippen molar-refractivity contribution in [3.8, 4) is 0 Å². The standard InChI is InChI=1S/C12H20N2O2/c1-9-11(4-7-16-9)12(14-13)8-10-2-5-15-6-3-10/h4,7,10,12,14H,2-3,5-6,8,13H2,1H3. The van der Waals surface area contributed by atoms with Crippen molar-refractivity contribution in [2.24, 2.45) is 11.8 Å². The fraction of sp³-hybridized carbons (Fsp3) is 0.667. The summed E-state index contributed by atoms with van der Waals surface area (Å²) in [5.41, 5.74) is 4.07. The number of ether oxygens (including phenoxy) is 1. The molecule has 1 fully saturated rings. The highest BCUT2D eigenvalue weighted by Gasteiger charge is 2.21. The lowest BCUT2D eigenvalue weighted by Gasteiger charge is -2.26. The summed E-state index contributed by atoms with van der Waals surface area (Å²) in [6.45, 7) is 3.74. The van der Waals surface area contributed by atoms with Crippen molar-refractivity contribution in [2.75, 3.05) is 13.2 Å². The van der Waals surface area contributed by atoms with Crippen LogP contribution >= 0.6 is 0 Å². The minimum atomic E-state index is 0.196.